The number of carbonyl (C=O) groups is 1. The Balaban J connectivity index is 1.54. The number of hydrogen-bond donors (Lipinski definition) is 1. The van der Waals surface area contributed by atoms with E-state index in [0.29, 0.717) is 18.5 Å². The normalized spacial score (nSPS) is 15.1. The predicted octanol–water partition coefficient (Wildman–Crippen LogP) is 4.67. The Morgan fingerprint density at radius 2 is 1.76 bits per heavy atom. The third-order valence-corrected chi connectivity index (χ3v) is 6.33. The average molecular weight is 452 g/mol. The van der Waals surface area contributed by atoms with Gasteiger partial charge < -0.3 is 29.0 Å². The van der Waals surface area contributed by atoms with Gasteiger partial charge in [-0.1, -0.05) is 12.1 Å². The van der Waals surface area contributed by atoms with Gasteiger partial charge >= 0.3 is 6.09 Å². The molecule has 2 aromatic carbocycles. The van der Waals surface area contributed by atoms with Crippen LogP contribution in [0.2, 0.25) is 0 Å². The molecule has 1 N–H and O–H groups in total. The topological polar surface area (TPSA) is 65.0 Å². The van der Waals surface area contributed by atoms with Crippen LogP contribution in [0.1, 0.15) is 32.3 Å². The maximum Gasteiger partial charge on any atom is 0.414 e. The van der Waals surface area contributed by atoms with Crippen molar-refractivity contribution in [2.24, 2.45) is 0 Å². The van der Waals surface area contributed by atoms with Gasteiger partial charge in [-0.2, -0.15) is 0 Å². The van der Waals surface area contributed by atoms with Gasteiger partial charge in [0, 0.05) is 42.7 Å². The molecule has 1 aliphatic heterocycles. The number of nitrogens with one attached hydrogen (secondary N) is 1. The van der Waals surface area contributed by atoms with Gasteiger partial charge in [0.25, 0.3) is 0 Å². The Labute approximate surface area is 195 Å². The minimum atomic E-state index is -0.417. The molecule has 7 heteroatoms. The molecule has 0 spiro atoms. The fraction of sp³-hybridized carbons (Fsp3) is 0.423. The molecule has 4 rings (SSSR count). The molecule has 7 nitrogen and oxygen atoms in total. The van der Waals surface area contributed by atoms with E-state index in [9.17, 15) is 4.79 Å². The molecule has 1 saturated heterocycles. The van der Waals surface area contributed by atoms with Gasteiger partial charge in [0.2, 0.25) is 5.88 Å². The first-order chi connectivity index (χ1) is 16.0. The van der Waals surface area contributed by atoms with Crippen molar-refractivity contribution in [2.45, 2.75) is 45.3 Å². The largest absolute Gasteiger partial charge is 0.497 e. The van der Waals surface area contributed by atoms with Gasteiger partial charge in [0.15, 0.2) is 0 Å². The van der Waals surface area contributed by atoms with Gasteiger partial charge in [-0.25, -0.2) is 4.79 Å². The SMILES string of the molecule is COc1cccc(Cn2c(OC(=O)NC3CCN(C(C)C)CC3)cc3ccc(OC)cc32)c1. The number of methoxy groups -OCH3 is 2. The Morgan fingerprint density at radius 3 is 2.45 bits per heavy atom. The highest BCUT2D eigenvalue weighted by Crippen LogP contribution is 2.30. The maximum atomic E-state index is 12.8. The third-order valence-electron chi connectivity index (χ3n) is 6.33. The first-order valence-corrected chi connectivity index (χ1v) is 11.5. The van der Waals surface area contributed by atoms with Gasteiger partial charge in [0.05, 0.1) is 26.3 Å². The number of nitrogens with zero attached hydrogens (tertiary/aromatic N) is 2. The van der Waals surface area contributed by atoms with E-state index in [2.05, 4.69) is 24.1 Å². The molecule has 0 bridgehead atoms. The molecule has 1 aromatic heterocycles. The molecule has 2 heterocycles. The van der Waals surface area contributed by atoms with Gasteiger partial charge in [-0.3, -0.25) is 0 Å². The first kappa shape index (κ1) is 23.0. The van der Waals surface area contributed by atoms with Crippen molar-refractivity contribution in [1.82, 2.24) is 14.8 Å². The second kappa shape index (κ2) is 10.2. The van der Waals surface area contributed by atoms with E-state index >= 15 is 0 Å². The Morgan fingerprint density at radius 1 is 1.03 bits per heavy atom. The summed E-state index contributed by atoms with van der Waals surface area (Å²) < 4.78 is 18.6. The molecular weight excluding hydrogens is 418 g/mol. The molecular formula is C26H33N3O4. The summed E-state index contributed by atoms with van der Waals surface area (Å²) in [6.45, 7) is 6.91. The Bertz CT molecular complexity index is 1100. The second-order valence-corrected chi connectivity index (χ2v) is 8.78. The van der Waals surface area contributed by atoms with Crippen LogP contribution in [0.5, 0.6) is 17.4 Å². The number of aromatic nitrogens is 1. The lowest BCUT2D eigenvalue weighted by Gasteiger charge is -2.34. The van der Waals surface area contributed by atoms with Crippen molar-refractivity contribution in [3.63, 3.8) is 0 Å². The molecule has 0 atom stereocenters. The molecule has 3 aromatic rings. The molecule has 0 aliphatic carbocycles. The zero-order valence-corrected chi connectivity index (χ0v) is 19.8. The van der Waals surface area contributed by atoms with Crippen LogP contribution in [0.25, 0.3) is 10.9 Å². The standard InChI is InChI=1S/C26H33N3O4/c1-18(2)28-12-10-21(11-13-28)27-26(30)33-25-15-20-8-9-23(32-4)16-24(20)29(25)17-19-6-5-7-22(14-19)31-3/h5-9,14-16,18,21H,10-13,17H2,1-4H3,(H,27,30). The van der Waals surface area contributed by atoms with Gasteiger partial charge in [-0.15, -0.1) is 0 Å². The minimum absolute atomic E-state index is 0.129. The summed E-state index contributed by atoms with van der Waals surface area (Å²) in [6.07, 6.45) is 1.44. The van der Waals surface area contributed by atoms with Crippen LogP contribution >= 0.6 is 0 Å². The van der Waals surface area contributed by atoms with Crippen LogP contribution in [0.3, 0.4) is 0 Å². The van der Waals surface area contributed by atoms with Crippen LogP contribution < -0.4 is 19.5 Å². The molecule has 176 valence electrons. The van der Waals surface area contributed by atoms with Crippen molar-refractivity contribution < 1.29 is 19.0 Å². The van der Waals surface area contributed by atoms with E-state index in [4.69, 9.17) is 14.2 Å². The molecule has 0 saturated carbocycles. The molecule has 1 fully saturated rings. The summed E-state index contributed by atoms with van der Waals surface area (Å²) in [5.41, 5.74) is 1.98. The van der Waals surface area contributed by atoms with Crippen molar-refractivity contribution in [3.05, 3.63) is 54.1 Å². The maximum absolute atomic E-state index is 12.8. The predicted molar refractivity (Wildman–Crippen MR) is 129 cm³/mol. The van der Waals surface area contributed by atoms with E-state index in [1.807, 2.05) is 53.1 Å². The van der Waals surface area contributed by atoms with Crippen molar-refractivity contribution in [3.8, 4) is 17.4 Å². The van der Waals surface area contributed by atoms with Crippen molar-refractivity contribution in [1.29, 1.82) is 0 Å². The summed E-state index contributed by atoms with van der Waals surface area (Å²) in [5.74, 6) is 2.04. The molecule has 33 heavy (non-hydrogen) atoms. The Kier molecular flexibility index (Phi) is 7.08. The zero-order chi connectivity index (χ0) is 23.4. The smallest absolute Gasteiger partial charge is 0.414 e. The fourth-order valence-corrected chi connectivity index (χ4v) is 4.39. The van der Waals surface area contributed by atoms with Gasteiger partial charge in [0.1, 0.15) is 11.5 Å². The number of fused-ring (bicyclic) bond motifs is 1. The lowest BCUT2D eigenvalue weighted by atomic mass is 10.0. The number of piperidine rings is 1. The Hall–Kier alpha value is -3.19. The van der Waals surface area contributed by atoms with E-state index in [0.717, 1.165) is 53.9 Å². The minimum Gasteiger partial charge on any atom is -0.497 e. The zero-order valence-electron chi connectivity index (χ0n) is 19.8. The van der Waals surface area contributed by atoms with Crippen molar-refractivity contribution in [2.75, 3.05) is 27.3 Å². The van der Waals surface area contributed by atoms with Crippen molar-refractivity contribution >= 4 is 17.0 Å². The summed E-state index contributed by atoms with van der Waals surface area (Å²) >= 11 is 0. The monoisotopic (exact) mass is 451 g/mol. The average Bonchev–Trinajstić information content (AvgIpc) is 3.15. The van der Waals surface area contributed by atoms with Crippen LogP contribution in [0.15, 0.2) is 48.5 Å². The number of amides is 1. The number of hydrogen-bond acceptors (Lipinski definition) is 5. The van der Waals surface area contributed by atoms with Gasteiger partial charge in [-0.05, 0) is 56.5 Å². The number of carbonyl (C=O) groups excluding carboxylic acids is 1. The number of likely N-dealkylation sites (tertiary alicyclic amines) is 1. The summed E-state index contributed by atoms with van der Waals surface area (Å²) in [7, 11) is 3.30. The summed E-state index contributed by atoms with van der Waals surface area (Å²) in [4.78, 5) is 15.2. The fourth-order valence-electron chi connectivity index (χ4n) is 4.39. The highest BCUT2D eigenvalue weighted by molar-refractivity contribution is 5.85. The van der Waals surface area contributed by atoms with Crippen LogP contribution in [0, 0.1) is 0 Å². The van der Waals surface area contributed by atoms with E-state index in [1.54, 1.807) is 14.2 Å². The van der Waals surface area contributed by atoms with Crippen LogP contribution in [0.4, 0.5) is 4.79 Å². The summed E-state index contributed by atoms with van der Waals surface area (Å²) in [5, 5.41) is 4.04. The highest BCUT2D eigenvalue weighted by atomic mass is 16.6. The van der Waals surface area contributed by atoms with Crippen LogP contribution in [-0.4, -0.2) is 55.0 Å². The van der Waals surface area contributed by atoms with E-state index < -0.39 is 6.09 Å². The third kappa shape index (κ3) is 5.42. The molecule has 0 unspecified atom stereocenters. The van der Waals surface area contributed by atoms with Crippen LogP contribution in [-0.2, 0) is 6.54 Å². The first-order valence-electron chi connectivity index (χ1n) is 11.5. The second-order valence-electron chi connectivity index (χ2n) is 8.78. The number of ether oxygens (including phenoxy) is 3. The number of rotatable bonds is 7. The molecule has 0 radical (unpaired) electrons. The van der Waals surface area contributed by atoms with E-state index in [-0.39, 0.29) is 6.04 Å². The molecule has 1 amide bonds. The van der Waals surface area contributed by atoms with E-state index in [1.165, 1.54) is 0 Å². The number of benzene rings is 2. The quantitative estimate of drug-likeness (QED) is 0.566. The summed E-state index contributed by atoms with van der Waals surface area (Å²) in [6, 6.07) is 16.3. The lowest BCUT2D eigenvalue weighted by molar-refractivity contribution is 0.151. The lowest BCUT2D eigenvalue weighted by Crippen LogP contribution is -2.47. The molecule has 1 aliphatic rings. The highest BCUT2D eigenvalue weighted by Gasteiger charge is 2.23.